The van der Waals surface area contributed by atoms with Crippen LogP contribution in [0.3, 0.4) is 0 Å². The number of fused-ring (bicyclic) bond motifs is 2. The summed E-state index contributed by atoms with van der Waals surface area (Å²) in [5.74, 6) is 1.09. The number of nitrogens with zero attached hydrogens (tertiary/aromatic N) is 3. The number of unbranched alkanes of at least 4 members (excludes halogenated alkanes) is 1. The van der Waals surface area contributed by atoms with Gasteiger partial charge in [0.05, 0.1) is 0 Å². The topological polar surface area (TPSA) is 55.3 Å². The van der Waals surface area contributed by atoms with Crippen LogP contribution in [0.4, 0.5) is 5.82 Å². The fraction of sp³-hybridized carbons (Fsp3) is 0.348. The van der Waals surface area contributed by atoms with Crippen LogP contribution in [-0.2, 0) is 4.74 Å². The highest BCUT2D eigenvalue weighted by atomic mass is 35.5. The second kappa shape index (κ2) is 8.47. The molecule has 0 saturated carbocycles. The van der Waals surface area contributed by atoms with Crippen molar-refractivity contribution >= 4 is 34.4 Å². The largest absolute Gasteiger partial charge is 0.353 e. The standard InChI is InChI=1S/C23H24ClN3O2/c1-15(2)7-5-6-14-29-23-18-9-4-3-8-17(18)22(28)27(23)20-13-11-16-10-12-19(24)25-21(16)26-20/h3-4,8-13,15,23H,5-7,14H2,1-2H3. The lowest BCUT2D eigenvalue weighted by atomic mass is 10.1. The molecule has 29 heavy (non-hydrogen) atoms. The van der Waals surface area contributed by atoms with Gasteiger partial charge in [-0.2, -0.15) is 0 Å². The van der Waals surface area contributed by atoms with Crippen molar-refractivity contribution in [3.8, 4) is 0 Å². The summed E-state index contributed by atoms with van der Waals surface area (Å²) in [6.07, 6.45) is 2.76. The molecule has 1 atom stereocenters. The van der Waals surface area contributed by atoms with Gasteiger partial charge in [0, 0.05) is 23.1 Å². The number of hydrogen-bond acceptors (Lipinski definition) is 4. The summed E-state index contributed by atoms with van der Waals surface area (Å²) >= 11 is 6.03. The van der Waals surface area contributed by atoms with Crippen molar-refractivity contribution in [2.45, 2.75) is 39.3 Å². The predicted octanol–water partition coefficient (Wildman–Crippen LogP) is 5.79. The molecule has 5 nitrogen and oxygen atoms in total. The van der Waals surface area contributed by atoms with Crippen LogP contribution in [0.25, 0.3) is 11.0 Å². The van der Waals surface area contributed by atoms with Gasteiger partial charge < -0.3 is 4.74 Å². The van der Waals surface area contributed by atoms with E-state index in [1.165, 1.54) is 6.42 Å². The van der Waals surface area contributed by atoms with Gasteiger partial charge in [0.25, 0.3) is 5.91 Å². The van der Waals surface area contributed by atoms with E-state index in [4.69, 9.17) is 16.3 Å². The number of amides is 1. The third-order valence-electron chi connectivity index (χ3n) is 5.11. The molecule has 0 N–H and O–H groups in total. The van der Waals surface area contributed by atoms with E-state index in [0.29, 0.717) is 34.7 Å². The summed E-state index contributed by atoms with van der Waals surface area (Å²) in [7, 11) is 0. The van der Waals surface area contributed by atoms with Crippen LogP contribution in [0.5, 0.6) is 0 Å². The Kier molecular flexibility index (Phi) is 5.79. The predicted molar refractivity (Wildman–Crippen MR) is 115 cm³/mol. The van der Waals surface area contributed by atoms with Crippen LogP contribution < -0.4 is 4.90 Å². The Morgan fingerprint density at radius 3 is 2.69 bits per heavy atom. The Hall–Kier alpha value is -2.50. The summed E-state index contributed by atoms with van der Waals surface area (Å²) in [6.45, 7) is 5.04. The third kappa shape index (κ3) is 4.11. The van der Waals surface area contributed by atoms with Gasteiger partial charge in [0.2, 0.25) is 0 Å². The minimum atomic E-state index is -0.484. The molecule has 6 heteroatoms. The monoisotopic (exact) mass is 409 g/mol. The Bertz CT molecular complexity index is 1040. The lowest BCUT2D eigenvalue weighted by Crippen LogP contribution is -2.30. The van der Waals surface area contributed by atoms with E-state index in [0.717, 1.165) is 23.8 Å². The highest BCUT2D eigenvalue weighted by Gasteiger charge is 2.39. The fourth-order valence-corrected chi connectivity index (χ4v) is 3.76. The van der Waals surface area contributed by atoms with E-state index >= 15 is 0 Å². The van der Waals surface area contributed by atoms with Gasteiger partial charge >= 0.3 is 0 Å². The Balaban J connectivity index is 1.62. The Morgan fingerprint density at radius 2 is 1.86 bits per heavy atom. The van der Waals surface area contributed by atoms with Gasteiger partial charge in [-0.25, -0.2) is 9.97 Å². The quantitative estimate of drug-likeness (QED) is 0.366. The summed E-state index contributed by atoms with van der Waals surface area (Å²) in [5, 5.41) is 1.24. The first-order valence-corrected chi connectivity index (χ1v) is 10.4. The number of hydrogen-bond donors (Lipinski definition) is 0. The number of pyridine rings is 2. The zero-order valence-corrected chi connectivity index (χ0v) is 17.4. The number of carbonyl (C=O) groups excluding carboxylic acids is 1. The van der Waals surface area contributed by atoms with E-state index in [1.54, 1.807) is 11.0 Å². The molecule has 1 aliphatic heterocycles. The molecule has 0 saturated heterocycles. The Labute approximate surface area is 175 Å². The Morgan fingerprint density at radius 1 is 1.07 bits per heavy atom. The van der Waals surface area contributed by atoms with Crippen LogP contribution in [0, 0.1) is 5.92 Å². The highest BCUT2D eigenvalue weighted by molar-refractivity contribution is 6.29. The molecule has 0 fully saturated rings. The van der Waals surface area contributed by atoms with Gasteiger partial charge in [-0.3, -0.25) is 9.69 Å². The summed E-state index contributed by atoms with van der Waals surface area (Å²) in [6, 6.07) is 14.9. The molecule has 0 radical (unpaired) electrons. The van der Waals surface area contributed by atoms with Crippen molar-refractivity contribution in [3.63, 3.8) is 0 Å². The van der Waals surface area contributed by atoms with Crippen LogP contribution in [0.2, 0.25) is 5.15 Å². The number of halogens is 1. The zero-order chi connectivity index (χ0) is 20.4. The molecular weight excluding hydrogens is 386 g/mol. The van der Waals surface area contributed by atoms with Crippen LogP contribution in [0.1, 0.15) is 55.3 Å². The minimum absolute atomic E-state index is 0.110. The zero-order valence-electron chi connectivity index (χ0n) is 16.6. The van der Waals surface area contributed by atoms with Gasteiger partial charge in [0.15, 0.2) is 11.9 Å². The first kappa shape index (κ1) is 19.8. The highest BCUT2D eigenvalue weighted by Crippen LogP contribution is 2.38. The van der Waals surface area contributed by atoms with E-state index < -0.39 is 6.23 Å². The molecule has 2 aromatic heterocycles. The van der Waals surface area contributed by atoms with Gasteiger partial charge in [-0.05, 0) is 42.7 Å². The molecule has 3 heterocycles. The van der Waals surface area contributed by atoms with Crippen molar-refractivity contribution in [3.05, 3.63) is 64.8 Å². The fourth-order valence-electron chi connectivity index (χ4n) is 3.62. The maximum Gasteiger partial charge on any atom is 0.262 e. The maximum atomic E-state index is 13.1. The minimum Gasteiger partial charge on any atom is -0.353 e. The molecule has 1 unspecified atom stereocenters. The molecule has 1 aromatic carbocycles. The molecule has 0 aliphatic carbocycles. The van der Waals surface area contributed by atoms with Crippen LogP contribution in [0.15, 0.2) is 48.5 Å². The number of carbonyl (C=O) groups is 1. The molecule has 1 amide bonds. The van der Waals surface area contributed by atoms with E-state index in [9.17, 15) is 4.79 Å². The number of rotatable bonds is 7. The van der Waals surface area contributed by atoms with Crippen LogP contribution >= 0.6 is 11.6 Å². The number of benzene rings is 1. The lowest BCUT2D eigenvalue weighted by Gasteiger charge is -2.25. The molecule has 3 aromatic rings. The molecule has 4 rings (SSSR count). The van der Waals surface area contributed by atoms with Crippen molar-refractivity contribution < 1.29 is 9.53 Å². The van der Waals surface area contributed by atoms with Gasteiger partial charge in [0.1, 0.15) is 11.0 Å². The SMILES string of the molecule is CC(C)CCCCOC1c2ccccc2C(=O)N1c1ccc2ccc(Cl)nc2n1. The lowest BCUT2D eigenvalue weighted by molar-refractivity contribution is 0.0492. The van der Waals surface area contributed by atoms with Crippen molar-refractivity contribution in [1.82, 2.24) is 9.97 Å². The summed E-state index contributed by atoms with van der Waals surface area (Å²) in [4.78, 5) is 23.7. The second-order valence-electron chi connectivity index (χ2n) is 7.73. The number of aromatic nitrogens is 2. The van der Waals surface area contributed by atoms with Gasteiger partial charge in [-0.15, -0.1) is 0 Å². The van der Waals surface area contributed by atoms with Gasteiger partial charge in [-0.1, -0.05) is 56.5 Å². The summed E-state index contributed by atoms with van der Waals surface area (Å²) in [5.41, 5.74) is 2.04. The van der Waals surface area contributed by atoms with E-state index in [2.05, 4.69) is 23.8 Å². The van der Waals surface area contributed by atoms with Crippen molar-refractivity contribution in [2.75, 3.05) is 11.5 Å². The average molecular weight is 410 g/mol. The second-order valence-corrected chi connectivity index (χ2v) is 8.11. The normalized spacial score (nSPS) is 16.1. The average Bonchev–Trinajstić information content (AvgIpc) is 2.99. The summed E-state index contributed by atoms with van der Waals surface area (Å²) < 4.78 is 6.20. The number of ether oxygens (including phenoxy) is 1. The smallest absolute Gasteiger partial charge is 0.262 e. The molecule has 150 valence electrons. The maximum absolute atomic E-state index is 13.1. The first-order valence-electron chi connectivity index (χ1n) is 10.0. The number of anilines is 1. The van der Waals surface area contributed by atoms with Crippen molar-refractivity contribution in [2.24, 2.45) is 5.92 Å². The van der Waals surface area contributed by atoms with E-state index in [-0.39, 0.29) is 5.91 Å². The third-order valence-corrected chi connectivity index (χ3v) is 5.32. The first-order chi connectivity index (χ1) is 14.0. The van der Waals surface area contributed by atoms with Crippen molar-refractivity contribution in [1.29, 1.82) is 0 Å². The molecule has 1 aliphatic rings. The van der Waals surface area contributed by atoms with E-state index in [1.807, 2.05) is 42.5 Å². The molecule has 0 bridgehead atoms. The molecular formula is C23H24ClN3O2. The molecule has 0 spiro atoms. The van der Waals surface area contributed by atoms with Crippen LogP contribution in [-0.4, -0.2) is 22.5 Å².